The fraction of sp³-hybridized carbons (Fsp3) is 0.160. The normalized spacial score (nSPS) is 11.7. The summed E-state index contributed by atoms with van der Waals surface area (Å²) >= 11 is 0. The Balaban J connectivity index is 2.01. The predicted molar refractivity (Wildman–Crippen MR) is 125 cm³/mol. The van der Waals surface area contributed by atoms with E-state index in [1.54, 1.807) is 6.20 Å². The Bertz CT molecular complexity index is 1290. The molecule has 0 amide bonds. The minimum atomic E-state index is -0.260. The lowest BCUT2D eigenvalue weighted by atomic mass is 10.0. The lowest BCUT2D eigenvalue weighted by Gasteiger charge is -2.11. The van der Waals surface area contributed by atoms with Crippen molar-refractivity contribution < 1.29 is 9.90 Å². The molecule has 0 atom stereocenters. The highest BCUT2D eigenvalue weighted by molar-refractivity contribution is 6.23. The van der Waals surface area contributed by atoms with E-state index in [1.165, 1.54) is 11.5 Å². The van der Waals surface area contributed by atoms with Crippen LogP contribution in [0.25, 0.3) is 10.9 Å². The molecule has 0 fully saturated rings. The zero-order chi connectivity index (χ0) is 22.1. The SMILES string of the molecule is CC(=O)n1c(O)c(C(=Nc2ccc(N(C)C)nc2)c2ccccc2)c2ccc(C)cc21. The third-order valence-corrected chi connectivity index (χ3v) is 5.13. The van der Waals surface area contributed by atoms with E-state index < -0.39 is 0 Å². The van der Waals surface area contributed by atoms with Crippen LogP contribution in [0.2, 0.25) is 0 Å². The molecule has 6 nitrogen and oxygen atoms in total. The predicted octanol–water partition coefficient (Wildman–Crippen LogP) is 4.95. The van der Waals surface area contributed by atoms with Crippen LogP contribution in [-0.2, 0) is 0 Å². The Morgan fingerprint density at radius 1 is 1.06 bits per heavy atom. The Labute approximate surface area is 181 Å². The zero-order valence-electron chi connectivity index (χ0n) is 18.0. The highest BCUT2D eigenvalue weighted by Crippen LogP contribution is 2.35. The maximum atomic E-state index is 12.4. The number of benzene rings is 2. The van der Waals surface area contributed by atoms with Gasteiger partial charge in [-0.1, -0.05) is 42.5 Å². The summed E-state index contributed by atoms with van der Waals surface area (Å²) in [6.07, 6.45) is 1.70. The molecule has 0 aliphatic carbocycles. The number of nitrogens with zero attached hydrogens (tertiary/aromatic N) is 4. The van der Waals surface area contributed by atoms with Gasteiger partial charge in [0, 0.05) is 32.0 Å². The minimum Gasteiger partial charge on any atom is -0.494 e. The highest BCUT2D eigenvalue weighted by atomic mass is 16.3. The number of hydrogen-bond acceptors (Lipinski definition) is 5. The van der Waals surface area contributed by atoms with E-state index in [1.807, 2.05) is 86.6 Å². The molecule has 0 saturated heterocycles. The van der Waals surface area contributed by atoms with Gasteiger partial charge in [-0.3, -0.25) is 9.36 Å². The summed E-state index contributed by atoms with van der Waals surface area (Å²) in [5.41, 5.74) is 4.24. The number of carbonyl (C=O) groups is 1. The molecule has 0 bridgehead atoms. The van der Waals surface area contributed by atoms with Crippen LogP contribution in [0.15, 0.2) is 71.9 Å². The van der Waals surface area contributed by atoms with Crippen molar-refractivity contribution in [1.82, 2.24) is 9.55 Å². The second kappa shape index (κ2) is 8.07. The third kappa shape index (κ3) is 3.80. The van der Waals surface area contributed by atoms with E-state index in [2.05, 4.69) is 4.98 Å². The number of carbonyl (C=O) groups excluding carboxylic acids is 1. The fourth-order valence-corrected chi connectivity index (χ4v) is 3.64. The molecule has 31 heavy (non-hydrogen) atoms. The number of fused-ring (bicyclic) bond motifs is 1. The average Bonchev–Trinajstić information content (AvgIpc) is 3.04. The van der Waals surface area contributed by atoms with Crippen LogP contribution in [0.1, 0.15) is 28.4 Å². The topological polar surface area (TPSA) is 70.7 Å². The second-order valence-corrected chi connectivity index (χ2v) is 7.67. The zero-order valence-corrected chi connectivity index (χ0v) is 18.0. The summed E-state index contributed by atoms with van der Waals surface area (Å²) in [6, 6.07) is 19.2. The smallest absolute Gasteiger partial charge is 0.230 e. The van der Waals surface area contributed by atoms with Crippen LogP contribution in [0.3, 0.4) is 0 Å². The van der Waals surface area contributed by atoms with Crippen LogP contribution in [0.5, 0.6) is 5.88 Å². The van der Waals surface area contributed by atoms with E-state index >= 15 is 0 Å². The first-order valence-corrected chi connectivity index (χ1v) is 9.99. The van der Waals surface area contributed by atoms with Gasteiger partial charge in [-0.15, -0.1) is 0 Å². The van der Waals surface area contributed by atoms with Crippen molar-refractivity contribution in [2.24, 2.45) is 4.99 Å². The molecule has 0 unspecified atom stereocenters. The first-order valence-electron chi connectivity index (χ1n) is 9.99. The maximum absolute atomic E-state index is 12.4. The molecule has 0 spiro atoms. The quantitative estimate of drug-likeness (QED) is 0.482. The van der Waals surface area contributed by atoms with Crippen molar-refractivity contribution in [1.29, 1.82) is 0 Å². The van der Waals surface area contributed by atoms with Crippen molar-refractivity contribution in [3.8, 4) is 5.88 Å². The molecule has 2 aromatic carbocycles. The summed E-state index contributed by atoms with van der Waals surface area (Å²) in [5, 5.41) is 11.9. The summed E-state index contributed by atoms with van der Waals surface area (Å²) < 4.78 is 1.34. The lowest BCUT2D eigenvalue weighted by Crippen LogP contribution is -2.10. The van der Waals surface area contributed by atoms with Gasteiger partial charge in [-0.05, 0) is 30.7 Å². The molecule has 4 aromatic rings. The number of hydrogen-bond donors (Lipinski definition) is 1. The molecule has 0 aliphatic rings. The molecular weight excluding hydrogens is 388 g/mol. The number of pyridine rings is 1. The van der Waals surface area contributed by atoms with E-state index in [0.717, 1.165) is 22.3 Å². The van der Waals surface area contributed by atoms with Crippen molar-refractivity contribution in [2.45, 2.75) is 13.8 Å². The molecule has 0 aliphatic heterocycles. The van der Waals surface area contributed by atoms with E-state index in [-0.39, 0.29) is 11.8 Å². The monoisotopic (exact) mass is 412 g/mol. The van der Waals surface area contributed by atoms with Gasteiger partial charge >= 0.3 is 0 Å². The van der Waals surface area contributed by atoms with Gasteiger partial charge in [-0.25, -0.2) is 9.98 Å². The largest absolute Gasteiger partial charge is 0.494 e. The van der Waals surface area contributed by atoms with Gasteiger partial charge in [0.15, 0.2) is 0 Å². The van der Waals surface area contributed by atoms with Gasteiger partial charge in [0.1, 0.15) is 5.82 Å². The lowest BCUT2D eigenvalue weighted by molar-refractivity contribution is 0.0933. The molecule has 6 heteroatoms. The summed E-state index contributed by atoms with van der Waals surface area (Å²) in [7, 11) is 3.86. The minimum absolute atomic E-state index is 0.117. The first-order chi connectivity index (χ1) is 14.9. The number of aliphatic imine (C=N–C) groups is 1. The van der Waals surface area contributed by atoms with Crippen LogP contribution in [-0.4, -0.2) is 40.4 Å². The molecular formula is C25H24N4O2. The number of aryl methyl sites for hydroxylation is 1. The Morgan fingerprint density at radius 3 is 2.42 bits per heavy atom. The molecule has 1 N–H and O–H groups in total. The molecule has 4 rings (SSSR count). The summed E-state index contributed by atoms with van der Waals surface area (Å²) in [6.45, 7) is 3.40. The van der Waals surface area contributed by atoms with Crippen molar-refractivity contribution in [3.05, 3.63) is 83.6 Å². The number of anilines is 1. The Kier molecular flexibility index (Phi) is 5.29. The first kappa shape index (κ1) is 20.3. The number of rotatable bonds is 4. The van der Waals surface area contributed by atoms with E-state index in [9.17, 15) is 9.90 Å². The highest BCUT2D eigenvalue weighted by Gasteiger charge is 2.24. The maximum Gasteiger partial charge on any atom is 0.230 e. The molecule has 2 heterocycles. The Morgan fingerprint density at radius 2 is 1.81 bits per heavy atom. The van der Waals surface area contributed by atoms with Gasteiger partial charge in [0.05, 0.1) is 28.7 Å². The summed E-state index contributed by atoms with van der Waals surface area (Å²) in [5.74, 6) is 0.448. The van der Waals surface area contributed by atoms with Gasteiger partial charge < -0.3 is 10.0 Å². The van der Waals surface area contributed by atoms with Crippen LogP contribution < -0.4 is 4.90 Å². The van der Waals surface area contributed by atoms with Crippen LogP contribution in [0.4, 0.5) is 11.5 Å². The second-order valence-electron chi connectivity index (χ2n) is 7.67. The fourth-order valence-electron chi connectivity index (χ4n) is 3.64. The number of aromatic hydroxyl groups is 1. The third-order valence-electron chi connectivity index (χ3n) is 5.13. The average molecular weight is 412 g/mol. The molecule has 0 radical (unpaired) electrons. The van der Waals surface area contributed by atoms with Gasteiger partial charge in [0.2, 0.25) is 11.8 Å². The van der Waals surface area contributed by atoms with Crippen LogP contribution >= 0.6 is 0 Å². The van der Waals surface area contributed by atoms with Crippen LogP contribution in [0, 0.1) is 6.92 Å². The molecule has 0 saturated carbocycles. The Hall–Kier alpha value is -3.93. The van der Waals surface area contributed by atoms with Gasteiger partial charge in [0.25, 0.3) is 0 Å². The van der Waals surface area contributed by atoms with E-state index in [4.69, 9.17) is 4.99 Å². The van der Waals surface area contributed by atoms with Crippen molar-refractivity contribution in [3.63, 3.8) is 0 Å². The molecule has 156 valence electrons. The standard InChI is InChI=1S/C25H24N4O2/c1-16-10-12-20-21(14-16)29(17(2)30)25(31)23(20)24(18-8-6-5-7-9-18)27-19-11-13-22(26-15-19)28(3)4/h5-15,31H,1-4H3. The van der Waals surface area contributed by atoms with Crippen molar-refractivity contribution in [2.75, 3.05) is 19.0 Å². The summed E-state index contributed by atoms with van der Waals surface area (Å²) in [4.78, 5) is 23.6. The van der Waals surface area contributed by atoms with Crippen molar-refractivity contribution >= 4 is 34.0 Å². The van der Waals surface area contributed by atoms with E-state index in [0.29, 0.717) is 22.5 Å². The number of aromatic nitrogens is 2. The van der Waals surface area contributed by atoms with Gasteiger partial charge in [-0.2, -0.15) is 0 Å². The molecule has 2 aromatic heterocycles.